The number of rotatable bonds is 4. The van der Waals surface area contributed by atoms with Gasteiger partial charge in [-0.3, -0.25) is 0 Å². The first-order chi connectivity index (χ1) is 9.92. The van der Waals surface area contributed by atoms with Crippen LogP contribution < -0.4 is 19.5 Å². The van der Waals surface area contributed by atoms with Crippen molar-refractivity contribution in [3.05, 3.63) is 17.7 Å². The monoisotopic (exact) mass is 331 g/mol. The van der Waals surface area contributed by atoms with Gasteiger partial charge in [-0.1, -0.05) is 13.8 Å². The second-order valence-electron chi connectivity index (χ2n) is 5.60. The zero-order valence-corrected chi connectivity index (χ0v) is 14.2. The minimum Gasteiger partial charge on any atom is -0.493 e. The lowest BCUT2D eigenvalue weighted by Gasteiger charge is -2.38. The first-order valence-electron chi connectivity index (χ1n) is 6.66. The van der Waals surface area contributed by atoms with Crippen molar-refractivity contribution in [1.29, 1.82) is 0 Å². The Labute approximate surface area is 136 Å². The first kappa shape index (κ1) is 18.2. The van der Waals surface area contributed by atoms with Crippen molar-refractivity contribution in [3.63, 3.8) is 0 Å². The van der Waals surface area contributed by atoms with Crippen LogP contribution in [0.15, 0.2) is 12.1 Å². The lowest BCUT2D eigenvalue weighted by Crippen LogP contribution is -2.46. The summed E-state index contributed by atoms with van der Waals surface area (Å²) < 4.78 is 21.1. The maximum atomic E-state index is 11.5. The fourth-order valence-electron chi connectivity index (χ4n) is 2.49. The van der Waals surface area contributed by atoms with Gasteiger partial charge in [0, 0.05) is 5.41 Å². The van der Waals surface area contributed by atoms with Crippen molar-refractivity contribution >= 4 is 18.5 Å². The molecular formula is C15H22ClNO5. The number of hydrogen-bond donors (Lipinski definition) is 1. The topological polar surface area (TPSA) is 66.0 Å². The molecule has 124 valence electrons. The number of carbonyl (C=O) groups excluding carboxylic acids is 1. The van der Waals surface area contributed by atoms with Crippen LogP contribution in [0.5, 0.6) is 17.2 Å². The maximum Gasteiger partial charge on any atom is 0.407 e. The van der Waals surface area contributed by atoms with Gasteiger partial charge >= 0.3 is 6.09 Å². The maximum absolute atomic E-state index is 11.5. The van der Waals surface area contributed by atoms with E-state index in [1.54, 1.807) is 21.3 Å². The van der Waals surface area contributed by atoms with E-state index < -0.39 is 6.09 Å². The molecule has 1 aliphatic heterocycles. The van der Waals surface area contributed by atoms with Gasteiger partial charge in [-0.2, -0.15) is 0 Å². The van der Waals surface area contributed by atoms with Gasteiger partial charge in [0.1, 0.15) is 6.61 Å². The zero-order valence-electron chi connectivity index (χ0n) is 13.4. The predicted molar refractivity (Wildman–Crippen MR) is 84.4 cm³/mol. The van der Waals surface area contributed by atoms with Crippen LogP contribution in [0.4, 0.5) is 4.79 Å². The fourth-order valence-corrected chi connectivity index (χ4v) is 2.49. The molecule has 1 aromatic rings. The molecule has 1 fully saturated rings. The number of methoxy groups -OCH3 is 3. The summed E-state index contributed by atoms with van der Waals surface area (Å²) in [4.78, 5) is 11.5. The van der Waals surface area contributed by atoms with Gasteiger partial charge < -0.3 is 24.3 Å². The van der Waals surface area contributed by atoms with Crippen molar-refractivity contribution in [2.24, 2.45) is 5.41 Å². The second kappa shape index (κ2) is 6.96. The Kier molecular flexibility index (Phi) is 5.77. The molecule has 1 saturated heterocycles. The van der Waals surface area contributed by atoms with Crippen molar-refractivity contribution < 1.29 is 23.7 Å². The van der Waals surface area contributed by atoms with Crippen LogP contribution in [0.25, 0.3) is 0 Å². The van der Waals surface area contributed by atoms with Crippen LogP contribution in [0, 0.1) is 5.41 Å². The molecule has 0 unspecified atom stereocenters. The van der Waals surface area contributed by atoms with E-state index in [0.29, 0.717) is 23.9 Å². The molecule has 1 aromatic carbocycles. The Bertz CT molecular complexity index is 522. The lowest BCUT2D eigenvalue weighted by molar-refractivity contribution is 0.0386. The number of cyclic esters (lactones) is 1. The summed E-state index contributed by atoms with van der Waals surface area (Å²) in [7, 11) is 4.68. The van der Waals surface area contributed by atoms with Gasteiger partial charge in [0.25, 0.3) is 0 Å². The van der Waals surface area contributed by atoms with Crippen LogP contribution in [-0.2, 0) is 4.74 Å². The highest BCUT2D eigenvalue weighted by Crippen LogP contribution is 2.44. The van der Waals surface area contributed by atoms with Gasteiger partial charge in [0.05, 0.1) is 27.4 Å². The average molecular weight is 332 g/mol. The predicted octanol–water partition coefficient (Wildman–Crippen LogP) is 2.94. The Morgan fingerprint density at radius 2 is 1.68 bits per heavy atom. The van der Waals surface area contributed by atoms with E-state index >= 15 is 0 Å². The molecule has 6 nitrogen and oxygen atoms in total. The standard InChI is InChI=1S/C15H21NO5.ClH/c1-15(2)8-21-14(17)16-13(15)9-6-10(18-3)12(20-5)11(7-9)19-4;/h6-7,13H,8H2,1-5H3,(H,16,17);1H/t13-;/m1./s1. The summed E-state index contributed by atoms with van der Waals surface area (Å²) >= 11 is 0. The number of nitrogens with one attached hydrogen (secondary N) is 1. The third-order valence-corrected chi connectivity index (χ3v) is 3.64. The summed E-state index contributed by atoms with van der Waals surface area (Å²) in [6.45, 7) is 4.40. The molecule has 1 heterocycles. The minimum atomic E-state index is -0.423. The van der Waals surface area contributed by atoms with Gasteiger partial charge in [-0.25, -0.2) is 4.79 Å². The number of alkyl carbamates (subject to hydrolysis) is 1. The summed E-state index contributed by atoms with van der Waals surface area (Å²) in [6.07, 6.45) is -0.423. The van der Waals surface area contributed by atoms with Crippen molar-refractivity contribution in [3.8, 4) is 17.2 Å². The number of ether oxygens (including phenoxy) is 4. The quantitative estimate of drug-likeness (QED) is 0.918. The van der Waals surface area contributed by atoms with E-state index in [-0.39, 0.29) is 23.9 Å². The SMILES string of the molecule is COc1cc([C@H]2NC(=O)OCC2(C)C)cc(OC)c1OC.Cl. The van der Waals surface area contributed by atoms with Crippen LogP contribution in [-0.4, -0.2) is 34.0 Å². The molecule has 1 atom stereocenters. The van der Waals surface area contributed by atoms with E-state index in [1.165, 1.54) is 0 Å². The summed E-state index contributed by atoms with van der Waals surface area (Å²) in [5.41, 5.74) is 0.629. The molecule has 1 aliphatic rings. The van der Waals surface area contributed by atoms with E-state index in [2.05, 4.69) is 5.32 Å². The van der Waals surface area contributed by atoms with Crippen LogP contribution >= 0.6 is 12.4 Å². The summed E-state index contributed by atoms with van der Waals surface area (Å²) in [6, 6.07) is 3.49. The molecule has 0 saturated carbocycles. The largest absolute Gasteiger partial charge is 0.493 e. The first-order valence-corrected chi connectivity index (χ1v) is 6.66. The normalized spacial score (nSPS) is 19.3. The lowest BCUT2D eigenvalue weighted by atomic mass is 9.80. The van der Waals surface area contributed by atoms with Crippen LogP contribution in [0.3, 0.4) is 0 Å². The number of carbonyl (C=O) groups is 1. The Morgan fingerprint density at radius 1 is 1.14 bits per heavy atom. The molecule has 7 heteroatoms. The molecule has 0 aliphatic carbocycles. The highest BCUT2D eigenvalue weighted by Gasteiger charge is 2.38. The third kappa shape index (κ3) is 3.32. The van der Waals surface area contributed by atoms with E-state index in [1.807, 2.05) is 26.0 Å². The average Bonchev–Trinajstić information content (AvgIpc) is 2.48. The van der Waals surface area contributed by atoms with Gasteiger partial charge in [0.15, 0.2) is 11.5 Å². The summed E-state index contributed by atoms with van der Waals surface area (Å²) in [5.74, 6) is 1.65. The molecule has 0 bridgehead atoms. The van der Waals surface area contributed by atoms with E-state index in [9.17, 15) is 4.79 Å². The minimum absolute atomic E-state index is 0. The van der Waals surface area contributed by atoms with Crippen LogP contribution in [0.1, 0.15) is 25.5 Å². The molecule has 2 rings (SSSR count). The van der Waals surface area contributed by atoms with E-state index in [0.717, 1.165) is 5.56 Å². The van der Waals surface area contributed by atoms with Crippen molar-refractivity contribution in [1.82, 2.24) is 5.32 Å². The number of halogens is 1. The molecule has 0 aromatic heterocycles. The molecule has 0 radical (unpaired) electrons. The number of amides is 1. The fraction of sp³-hybridized carbons (Fsp3) is 0.533. The molecule has 0 spiro atoms. The highest BCUT2D eigenvalue weighted by molar-refractivity contribution is 5.85. The van der Waals surface area contributed by atoms with Gasteiger partial charge in [0.2, 0.25) is 5.75 Å². The Morgan fingerprint density at radius 3 is 2.14 bits per heavy atom. The van der Waals surface area contributed by atoms with Crippen molar-refractivity contribution in [2.45, 2.75) is 19.9 Å². The van der Waals surface area contributed by atoms with Gasteiger partial charge in [-0.05, 0) is 17.7 Å². The Balaban J connectivity index is 0.00000242. The number of benzene rings is 1. The smallest absolute Gasteiger partial charge is 0.407 e. The van der Waals surface area contributed by atoms with Crippen LogP contribution in [0.2, 0.25) is 0 Å². The molecule has 22 heavy (non-hydrogen) atoms. The molecule has 1 N–H and O–H groups in total. The molecular weight excluding hydrogens is 310 g/mol. The van der Waals surface area contributed by atoms with Gasteiger partial charge in [-0.15, -0.1) is 12.4 Å². The summed E-state index contributed by atoms with van der Waals surface area (Å²) in [5, 5.41) is 2.85. The third-order valence-electron chi connectivity index (χ3n) is 3.64. The second-order valence-corrected chi connectivity index (χ2v) is 5.60. The number of hydrogen-bond acceptors (Lipinski definition) is 5. The molecule has 1 amide bonds. The highest BCUT2D eigenvalue weighted by atomic mass is 35.5. The zero-order chi connectivity index (χ0) is 15.6. The van der Waals surface area contributed by atoms with Crippen molar-refractivity contribution in [2.75, 3.05) is 27.9 Å². The van der Waals surface area contributed by atoms with E-state index in [4.69, 9.17) is 18.9 Å². The Hall–Kier alpha value is -1.82.